The molecule has 0 rings (SSSR count). The van der Waals surface area contributed by atoms with Gasteiger partial charge in [-0.05, 0) is 37.5 Å². The fourth-order valence-electron chi connectivity index (χ4n) is 12.2. The maximum absolute atomic E-state index is 13.1. The van der Waals surface area contributed by atoms with Gasteiger partial charge in [0, 0.05) is 25.7 Å². The van der Waals surface area contributed by atoms with Crippen molar-refractivity contribution in [2.75, 3.05) is 39.6 Å². The molecule has 6 atom stereocenters. The first kappa shape index (κ1) is 96.1. The zero-order chi connectivity index (χ0) is 72.1. The van der Waals surface area contributed by atoms with Crippen LogP contribution in [-0.2, 0) is 65.4 Å². The Morgan fingerprint density at radius 1 is 0.296 bits per heavy atom. The summed E-state index contributed by atoms with van der Waals surface area (Å²) in [6.45, 7) is 9.65. The molecule has 0 saturated heterocycles. The van der Waals surface area contributed by atoms with Gasteiger partial charge in [-0.3, -0.25) is 37.3 Å². The second-order valence-electron chi connectivity index (χ2n) is 29.2. The van der Waals surface area contributed by atoms with Crippen LogP contribution in [-0.4, -0.2) is 96.7 Å². The molecule has 3 unspecified atom stereocenters. The van der Waals surface area contributed by atoms with E-state index in [1.165, 1.54) is 225 Å². The summed E-state index contributed by atoms with van der Waals surface area (Å²) in [5.41, 5.74) is 0. The predicted molar refractivity (Wildman–Crippen MR) is 400 cm³/mol. The molecule has 0 fully saturated rings. The zero-order valence-corrected chi connectivity index (χ0v) is 65.9. The van der Waals surface area contributed by atoms with Crippen LogP contribution in [0.15, 0.2) is 0 Å². The first-order valence-corrected chi connectivity index (χ1v) is 44.0. The molecule has 19 heteroatoms. The smallest absolute Gasteiger partial charge is 0.462 e. The third kappa shape index (κ3) is 71.1. The molecule has 98 heavy (non-hydrogen) atoms. The predicted octanol–water partition coefficient (Wildman–Crippen LogP) is 23.5. The molecular weight excluding hydrogens is 1280 g/mol. The molecule has 0 radical (unpaired) electrons. The van der Waals surface area contributed by atoms with Gasteiger partial charge in [-0.25, -0.2) is 9.13 Å². The van der Waals surface area contributed by atoms with Gasteiger partial charge in [0.05, 0.1) is 26.4 Å². The normalized spacial score (nSPS) is 14.2. The minimum absolute atomic E-state index is 0.106. The summed E-state index contributed by atoms with van der Waals surface area (Å²) in [6.07, 6.45) is 59.6. The lowest BCUT2D eigenvalue weighted by Gasteiger charge is -2.21. The van der Waals surface area contributed by atoms with Crippen molar-refractivity contribution in [3.05, 3.63) is 0 Å². The molecule has 0 aromatic carbocycles. The van der Waals surface area contributed by atoms with E-state index >= 15 is 0 Å². The van der Waals surface area contributed by atoms with Gasteiger partial charge in [0.25, 0.3) is 0 Å². The largest absolute Gasteiger partial charge is 0.472 e. The third-order valence-corrected chi connectivity index (χ3v) is 20.7. The minimum Gasteiger partial charge on any atom is -0.462 e. The highest BCUT2D eigenvalue weighted by molar-refractivity contribution is 7.47. The van der Waals surface area contributed by atoms with E-state index in [9.17, 15) is 43.2 Å². The summed E-state index contributed by atoms with van der Waals surface area (Å²) in [4.78, 5) is 72.9. The average molecular weight is 1440 g/mol. The first-order valence-electron chi connectivity index (χ1n) is 41.0. The Morgan fingerprint density at radius 3 is 0.776 bits per heavy atom. The summed E-state index contributed by atoms with van der Waals surface area (Å²) in [7, 11) is -9.91. The Labute approximate surface area is 600 Å². The van der Waals surface area contributed by atoms with E-state index in [0.29, 0.717) is 25.7 Å². The van der Waals surface area contributed by atoms with Gasteiger partial charge in [-0.1, -0.05) is 363 Å². The van der Waals surface area contributed by atoms with Crippen LogP contribution in [0.25, 0.3) is 0 Å². The van der Waals surface area contributed by atoms with Crippen LogP contribution in [0.1, 0.15) is 414 Å². The van der Waals surface area contributed by atoms with Crippen LogP contribution < -0.4 is 0 Å². The van der Waals surface area contributed by atoms with Crippen molar-refractivity contribution in [2.45, 2.75) is 432 Å². The van der Waals surface area contributed by atoms with Crippen molar-refractivity contribution >= 4 is 39.5 Å². The summed E-state index contributed by atoms with van der Waals surface area (Å²) < 4.78 is 68.6. The number of aliphatic hydroxyl groups excluding tert-OH is 1. The van der Waals surface area contributed by atoms with Gasteiger partial charge in [0.2, 0.25) is 0 Å². The summed E-state index contributed by atoms with van der Waals surface area (Å²) in [5, 5.41) is 10.6. The van der Waals surface area contributed by atoms with Crippen LogP contribution >= 0.6 is 15.6 Å². The van der Waals surface area contributed by atoms with Crippen LogP contribution in [0.3, 0.4) is 0 Å². The molecule has 0 aliphatic rings. The number of ether oxygens (including phenoxy) is 4. The Hall–Kier alpha value is -1.94. The molecule has 0 aliphatic heterocycles. The second-order valence-corrected chi connectivity index (χ2v) is 32.1. The quantitative estimate of drug-likeness (QED) is 0.0222. The molecule has 0 aromatic rings. The van der Waals surface area contributed by atoms with Crippen molar-refractivity contribution in [3.8, 4) is 0 Å². The number of rotatable bonds is 78. The van der Waals surface area contributed by atoms with Gasteiger partial charge < -0.3 is 33.8 Å². The van der Waals surface area contributed by atoms with E-state index < -0.39 is 97.5 Å². The lowest BCUT2D eigenvalue weighted by Crippen LogP contribution is -2.30. The SMILES string of the molecule is CCCCCCCCCCCCCCCCCCCCC(=O)OC[C@H](COP(=O)(O)OC[C@@H](O)COP(=O)(O)OC[C@@H](COC(=O)CCCCCCCCCC)OC(=O)CCCCCCCCCCCCCC(C)C)OC(=O)CCCCCCCCCCCCCCCCC(C)CC. The third-order valence-electron chi connectivity index (χ3n) is 18.8. The average Bonchev–Trinajstić information content (AvgIpc) is 0.982. The van der Waals surface area contributed by atoms with Crippen molar-refractivity contribution in [3.63, 3.8) is 0 Å². The Morgan fingerprint density at radius 2 is 0.520 bits per heavy atom. The van der Waals surface area contributed by atoms with Crippen molar-refractivity contribution < 1.29 is 80.2 Å². The number of esters is 4. The Kier molecular flexibility index (Phi) is 69.3. The highest BCUT2D eigenvalue weighted by Gasteiger charge is 2.30. The zero-order valence-electron chi connectivity index (χ0n) is 64.1. The maximum atomic E-state index is 13.1. The molecule has 0 aliphatic carbocycles. The lowest BCUT2D eigenvalue weighted by molar-refractivity contribution is -0.161. The number of phosphoric ester groups is 2. The molecule has 582 valence electrons. The fraction of sp³-hybridized carbons (Fsp3) is 0.949. The monoisotopic (exact) mass is 1440 g/mol. The Balaban J connectivity index is 5.21. The van der Waals surface area contributed by atoms with Gasteiger partial charge in [-0.15, -0.1) is 0 Å². The van der Waals surface area contributed by atoms with Crippen LogP contribution in [0.2, 0.25) is 0 Å². The standard InChI is InChI=1S/C79H154O17P2/c1-7-10-12-14-16-18-19-20-21-22-23-24-28-33-38-44-50-56-62-77(82)90-68-75(96-78(83)63-57-51-45-39-34-29-26-25-27-32-37-42-48-54-60-72(6)9-3)70-94-98(87,88)92-66-73(80)65-91-97(85,86)93-69-74(67-89-76(81)61-55-49-43-17-15-13-11-8-2)95-79(84)64-58-52-46-40-35-30-31-36-41-47-53-59-71(4)5/h71-75,80H,7-70H2,1-6H3,(H,85,86)(H,87,88)/t72?,73-,74+,75+/m0/s1. The molecule has 0 saturated carbocycles. The minimum atomic E-state index is -4.96. The van der Waals surface area contributed by atoms with E-state index in [2.05, 4.69) is 41.5 Å². The van der Waals surface area contributed by atoms with Gasteiger partial charge in [-0.2, -0.15) is 0 Å². The van der Waals surface area contributed by atoms with Crippen molar-refractivity contribution in [1.82, 2.24) is 0 Å². The molecule has 17 nitrogen and oxygen atoms in total. The second kappa shape index (κ2) is 70.7. The molecule has 0 spiro atoms. The summed E-state index contributed by atoms with van der Waals surface area (Å²) >= 11 is 0. The van der Waals surface area contributed by atoms with E-state index in [-0.39, 0.29) is 25.7 Å². The molecule has 3 N–H and O–H groups in total. The topological polar surface area (TPSA) is 237 Å². The number of hydrogen-bond acceptors (Lipinski definition) is 15. The van der Waals surface area contributed by atoms with Crippen LogP contribution in [0, 0.1) is 11.8 Å². The van der Waals surface area contributed by atoms with Gasteiger partial charge in [0.15, 0.2) is 12.2 Å². The molecule has 0 heterocycles. The maximum Gasteiger partial charge on any atom is 0.472 e. The van der Waals surface area contributed by atoms with E-state index in [4.69, 9.17) is 37.0 Å². The van der Waals surface area contributed by atoms with Crippen molar-refractivity contribution in [2.24, 2.45) is 11.8 Å². The van der Waals surface area contributed by atoms with E-state index in [1.807, 2.05) is 0 Å². The van der Waals surface area contributed by atoms with Crippen LogP contribution in [0.5, 0.6) is 0 Å². The summed E-state index contributed by atoms with van der Waals surface area (Å²) in [6, 6.07) is 0. The number of unbranched alkanes of at least 4 members (excludes halogenated alkanes) is 47. The van der Waals surface area contributed by atoms with Crippen molar-refractivity contribution in [1.29, 1.82) is 0 Å². The molecule has 0 aromatic heterocycles. The molecule has 0 amide bonds. The number of phosphoric acid groups is 2. The highest BCUT2D eigenvalue weighted by atomic mass is 31.2. The lowest BCUT2D eigenvalue weighted by atomic mass is 9.99. The highest BCUT2D eigenvalue weighted by Crippen LogP contribution is 2.45. The summed E-state index contributed by atoms with van der Waals surface area (Å²) in [5.74, 6) is -0.502. The fourth-order valence-corrected chi connectivity index (χ4v) is 13.7. The Bertz CT molecular complexity index is 1890. The number of carbonyl (C=O) groups is 4. The van der Waals surface area contributed by atoms with Gasteiger partial charge in [0.1, 0.15) is 19.3 Å². The van der Waals surface area contributed by atoms with Gasteiger partial charge >= 0.3 is 39.5 Å². The van der Waals surface area contributed by atoms with E-state index in [0.717, 1.165) is 108 Å². The molecular formula is C79H154O17P2. The van der Waals surface area contributed by atoms with E-state index in [1.54, 1.807) is 0 Å². The molecule has 0 bridgehead atoms. The number of aliphatic hydroxyl groups is 1. The number of carbonyl (C=O) groups excluding carboxylic acids is 4. The first-order chi connectivity index (χ1) is 47.4. The number of hydrogen-bond donors (Lipinski definition) is 3. The van der Waals surface area contributed by atoms with Crippen LogP contribution in [0.4, 0.5) is 0 Å².